The van der Waals surface area contributed by atoms with Crippen molar-refractivity contribution in [3.05, 3.63) is 17.5 Å². The van der Waals surface area contributed by atoms with Gasteiger partial charge in [0, 0.05) is 11.8 Å². The number of thioether (sulfide) groups is 1. The van der Waals surface area contributed by atoms with Crippen molar-refractivity contribution in [1.82, 2.24) is 14.8 Å². The minimum atomic E-state index is -0.709. The molecular weight excluding hydrogens is 282 g/mol. The largest absolute Gasteiger partial charge is 0.394 e. The van der Waals surface area contributed by atoms with Gasteiger partial charge in [-0.2, -0.15) is 0 Å². The lowest BCUT2D eigenvalue weighted by molar-refractivity contribution is 0.113. The predicted molar refractivity (Wildman–Crippen MR) is 75.4 cm³/mol. The van der Waals surface area contributed by atoms with Crippen LogP contribution in [0.1, 0.15) is 18.9 Å². The third-order valence-corrected chi connectivity index (χ3v) is 4.89. The van der Waals surface area contributed by atoms with Gasteiger partial charge in [0.1, 0.15) is 0 Å². The van der Waals surface area contributed by atoms with Gasteiger partial charge in [-0.15, -0.1) is 21.5 Å². The third-order valence-electron chi connectivity index (χ3n) is 2.93. The summed E-state index contributed by atoms with van der Waals surface area (Å²) in [5.74, 6) is 1.35. The molecule has 0 saturated heterocycles. The van der Waals surface area contributed by atoms with Gasteiger partial charge in [0.15, 0.2) is 11.0 Å². The highest BCUT2D eigenvalue weighted by Gasteiger charge is 2.30. The van der Waals surface area contributed by atoms with Gasteiger partial charge in [-0.05, 0) is 24.3 Å². The summed E-state index contributed by atoms with van der Waals surface area (Å²) in [6.45, 7) is -0.220. The second-order valence-corrected chi connectivity index (χ2v) is 6.47. The van der Waals surface area contributed by atoms with E-state index in [0.717, 1.165) is 28.7 Å². The maximum absolute atomic E-state index is 9.43. The zero-order chi connectivity index (χ0) is 13.2. The summed E-state index contributed by atoms with van der Waals surface area (Å²) in [5.41, 5.74) is 0. The van der Waals surface area contributed by atoms with Gasteiger partial charge < -0.3 is 10.2 Å². The topological polar surface area (TPSA) is 71.2 Å². The van der Waals surface area contributed by atoms with E-state index in [0.29, 0.717) is 11.8 Å². The summed E-state index contributed by atoms with van der Waals surface area (Å²) >= 11 is 3.11. The molecule has 2 heterocycles. The first-order valence-electron chi connectivity index (χ1n) is 6.20. The smallest absolute Gasteiger partial charge is 0.191 e. The van der Waals surface area contributed by atoms with Crippen molar-refractivity contribution in [1.29, 1.82) is 0 Å². The normalized spacial score (nSPS) is 16.7. The van der Waals surface area contributed by atoms with Crippen LogP contribution in [0.2, 0.25) is 0 Å². The Morgan fingerprint density at radius 2 is 2.32 bits per heavy atom. The van der Waals surface area contributed by atoms with Crippen LogP contribution in [0.4, 0.5) is 0 Å². The Labute approximate surface area is 119 Å². The molecular formula is C12H15N3O2S2. The number of aromatic nitrogens is 3. The fraction of sp³-hybridized carbons (Fsp3) is 0.500. The molecule has 0 amide bonds. The minimum Gasteiger partial charge on any atom is -0.394 e. The van der Waals surface area contributed by atoms with Gasteiger partial charge in [0.25, 0.3) is 0 Å². The Hall–Kier alpha value is -0.890. The van der Waals surface area contributed by atoms with Crippen molar-refractivity contribution in [2.45, 2.75) is 30.1 Å². The van der Waals surface area contributed by atoms with E-state index >= 15 is 0 Å². The molecule has 0 bridgehead atoms. The van der Waals surface area contributed by atoms with Crippen LogP contribution in [-0.4, -0.2) is 43.4 Å². The van der Waals surface area contributed by atoms with E-state index in [1.54, 1.807) is 11.3 Å². The van der Waals surface area contributed by atoms with Gasteiger partial charge in [-0.1, -0.05) is 17.8 Å². The average molecular weight is 297 g/mol. The molecule has 1 fully saturated rings. The number of rotatable bonds is 6. The van der Waals surface area contributed by atoms with Crippen LogP contribution in [0.3, 0.4) is 0 Å². The fourth-order valence-corrected chi connectivity index (χ4v) is 3.46. The molecule has 5 nitrogen and oxygen atoms in total. The number of aliphatic hydroxyl groups is 2. The fourth-order valence-electron chi connectivity index (χ4n) is 1.83. The Morgan fingerprint density at radius 1 is 1.47 bits per heavy atom. The standard InChI is InChI=1S/C12H15N3O2S2/c16-6-9(17)7-19-12-14-13-11(10-2-1-5-18-10)15(12)8-3-4-8/h1-2,5,8-9,16-17H,3-4,6-7H2. The van der Waals surface area contributed by atoms with Gasteiger partial charge >= 0.3 is 0 Å². The van der Waals surface area contributed by atoms with Crippen LogP contribution in [0.5, 0.6) is 0 Å². The molecule has 0 radical (unpaired) electrons. The lowest BCUT2D eigenvalue weighted by Crippen LogP contribution is -2.15. The SMILES string of the molecule is OCC(O)CSc1nnc(-c2cccs2)n1C1CC1. The Balaban J connectivity index is 1.84. The quantitative estimate of drug-likeness (QED) is 0.795. The predicted octanol–water partition coefficient (Wildman–Crippen LogP) is 1.79. The summed E-state index contributed by atoms with van der Waals surface area (Å²) in [6.07, 6.45) is 1.61. The molecule has 2 aromatic heterocycles. The number of hydrogen-bond donors (Lipinski definition) is 2. The lowest BCUT2D eigenvalue weighted by atomic mass is 10.4. The Morgan fingerprint density at radius 3 is 2.95 bits per heavy atom. The second kappa shape index (κ2) is 5.62. The molecule has 1 saturated carbocycles. The van der Waals surface area contributed by atoms with Crippen molar-refractivity contribution >= 4 is 23.1 Å². The molecule has 2 aromatic rings. The summed E-state index contributed by atoms with van der Waals surface area (Å²) < 4.78 is 2.17. The first-order chi connectivity index (χ1) is 9.29. The van der Waals surface area contributed by atoms with E-state index in [4.69, 9.17) is 5.11 Å². The first kappa shape index (κ1) is 13.1. The summed E-state index contributed by atoms with van der Waals surface area (Å²) in [6, 6.07) is 4.54. The van der Waals surface area contributed by atoms with Gasteiger partial charge in [-0.25, -0.2) is 0 Å². The zero-order valence-corrected chi connectivity index (χ0v) is 11.9. The number of thiophene rings is 1. The Bertz CT molecular complexity index is 537. The number of aliphatic hydroxyl groups excluding tert-OH is 2. The lowest BCUT2D eigenvalue weighted by Gasteiger charge is -2.09. The summed E-state index contributed by atoms with van der Waals surface area (Å²) in [4.78, 5) is 1.12. The van der Waals surface area contributed by atoms with Gasteiger partial charge in [0.2, 0.25) is 0 Å². The van der Waals surface area contributed by atoms with Crippen molar-refractivity contribution in [2.24, 2.45) is 0 Å². The monoisotopic (exact) mass is 297 g/mol. The van der Waals surface area contributed by atoms with E-state index in [-0.39, 0.29) is 6.61 Å². The van der Waals surface area contributed by atoms with E-state index < -0.39 is 6.10 Å². The maximum Gasteiger partial charge on any atom is 0.191 e. The second-order valence-electron chi connectivity index (χ2n) is 4.53. The number of nitrogens with zero attached hydrogens (tertiary/aromatic N) is 3. The number of hydrogen-bond acceptors (Lipinski definition) is 6. The summed E-state index contributed by atoms with van der Waals surface area (Å²) in [7, 11) is 0. The molecule has 1 aliphatic carbocycles. The summed E-state index contributed by atoms with van der Waals surface area (Å²) in [5, 5.41) is 29.7. The van der Waals surface area contributed by atoms with Crippen molar-refractivity contribution in [3.63, 3.8) is 0 Å². The van der Waals surface area contributed by atoms with Crippen LogP contribution >= 0.6 is 23.1 Å². The molecule has 0 aliphatic heterocycles. The van der Waals surface area contributed by atoms with E-state index in [1.165, 1.54) is 11.8 Å². The molecule has 1 unspecified atom stereocenters. The van der Waals surface area contributed by atoms with Gasteiger partial charge in [0.05, 0.1) is 17.6 Å². The van der Waals surface area contributed by atoms with Crippen LogP contribution in [0.15, 0.2) is 22.7 Å². The maximum atomic E-state index is 9.43. The molecule has 3 rings (SSSR count). The highest BCUT2D eigenvalue weighted by atomic mass is 32.2. The molecule has 19 heavy (non-hydrogen) atoms. The van der Waals surface area contributed by atoms with Crippen LogP contribution in [-0.2, 0) is 0 Å². The molecule has 2 N–H and O–H groups in total. The molecule has 1 atom stereocenters. The molecule has 1 aliphatic rings. The highest BCUT2D eigenvalue weighted by Crippen LogP contribution is 2.41. The van der Waals surface area contributed by atoms with Gasteiger partial charge in [-0.3, -0.25) is 4.57 Å². The van der Waals surface area contributed by atoms with E-state index in [9.17, 15) is 5.11 Å². The van der Waals surface area contributed by atoms with E-state index in [2.05, 4.69) is 14.8 Å². The zero-order valence-electron chi connectivity index (χ0n) is 10.3. The third kappa shape index (κ3) is 2.84. The average Bonchev–Trinajstić information content (AvgIpc) is 2.96. The van der Waals surface area contributed by atoms with Crippen LogP contribution in [0, 0.1) is 0 Å². The molecule has 7 heteroatoms. The molecule has 0 aromatic carbocycles. The first-order valence-corrected chi connectivity index (χ1v) is 8.06. The van der Waals surface area contributed by atoms with Crippen molar-refractivity contribution in [2.75, 3.05) is 12.4 Å². The highest BCUT2D eigenvalue weighted by molar-refractivity contribution is 7.99. The molecule has 0 spiro atoms. The van der Waals surface area contributed by atoms with Crippen molar-refractivity contribution < 1.29 is 10.2 Å². The van der Waals surface area contributed by atoms with Crippen LogP contribution < -0.4 is 0 Å². The van der Waals surface area contributed by atoms with Crippen molar-refractivity contribution in [3.8, 4) is 10.7 Å². The molecule has 102 valence electrons. The van der Waals surface area contributed by atoms with Crippen LogP contribution in [0.25, 0.3) is 10.7 Å². The Kier molecular flexibility index (Phi) is 3.88. The van der Waals surface area contributed by atoms with E-state index in [1.807, 2.05) is 17.5 Å². The minimum absolute atomic E-state index is 0.220.